The number of benzene rings is 1. The van der Waals surface area contributed by atoms with Gasteiger partial charge in [0.15, 0.2) is 0 Å². The van der Waals surface area contributed by atoms with E-state index in [1.54, 1.807) is 0 Å². The number of rotatable bonds is 3. The fraction of sp³-hybridized carbons (Fsp3) is 0.450. The Kier molecular flexibility index (Phi) is 3.34. The lowest BCUT2D eigenvalue weighted by molar-refractivity contribution is -0.124. The highest BCUT2D eigenvalue weighted by molar-refractivity contribution is 6.22. The molecule has 5 rings (SSSR count). The highest BCUT2D eigenvalue weighted by Gasteiger charge is 2.62. The topological polar surface area (TPSA) is 64.4 Å². The van der Waals surface area contributed by atoms with Gasteiger partial charge >= 0.3 is 0 Å². The summed E-state index contributed by atoms with van der Waals surface area (Å²) in [5.74, 6) is -0.784. The standard InChI is InChI=1S/C20H21N3O3/c1-11-8-12(2)22(21-11)10-13-4-3-5-14(9-13)23-19(24)17-15-6-7-16(26-15)18(17)20(23)25/h3-5,8-9,15-18H,6-7,10H2,1-2H3/t15-,16+,17-,18-/m0/s1. The Balaban J connectivity index is 1.45. The van der Waals surface area contributed by atoms with Crippen molar-refractivity contribution < 1.29 is 14.3 Å². The fourth-order valence-electron chi connectivity index (χ4n) is 4.77. The predicted molar refractivity (Wildman–Crippen MR) is 94.6 cm³/mol. The molecule has 3 aliphatic heterocycles. The van der Waals surface area contributed by atoms with Crippen LogP contribution < -0.4 is 4.90 Å². The van der Waals surface area contributed by atoms with Crippen LogP contribution in [0.4, 0.5) is 5.69 Å². The van der Waals surface area contributed by atoms with Gasteiger partial charge in [0.25, 0.3) is 0 Å². The average Bonchev–Trinajstić information content (AvgIpc) is 3.34. The molecule has 0 aliphatic carbocycles. The van der Waals surface area contributed by atoms with Gasteiger partial charge in [0, 0.05) is 5.69 Å². The van der Waals surface area contributed by atoms with Gasteiger partial charge < -0.3 is 4.74 Å². The van der Waals surface area contributed by atoms with Crippen LogP contribution in [-0.4, -0.2) is 33.8 Å². The third-order valence-electron chi connectivity index (χ3n) is 5.89. The Bertz CT molecular complexity index is 891. The van der Waals surface area contributed by atoms with E-state index in [4.69, 9.17) is 4.74 Å². The third kappa shape index (κ3) is 2.18. The monoisotopic (exact) mass is 351 g/mol. The number of amides is 2. The molecule has 6 heteroatoms. The zero-order valence-corrected chi connectivity index (χ0v) is 14.9. The van der Waals surface area contributed by atoms with Crippen molar-refractivity contribution in [3.8, 4) is 0 Å². The smallest absolute Gasteiger partial charge is 0.240 e. The van der Waals surface area contributed by atoms with Gasteiger partial charge in [-0.25, -0.2) is 4.90 Å². The van der Waals surface area contributed by atoms with E-state index >= 15 is 0 Å². The molecule has 2 bridgehead atoms. The van der Waals surface area contributed by atoms with Crippen molar-refractivity contribution in [1.29, 1.82) is 0 Å². The van der Waals surface area contributed by atoms with Crippen LogP contribution in [-0.2, 0) is 20.9 Å². The molecular weight excluding hydrogens is 330 g/mol. The predicted octanol–water partition coefficient (Wildman–Crippen LogP) is 2.22. The zero-order chi connectivity index (χ0) is 18.0. The first-order chi connectivity index (χ1) is 12.5. The number of hydrogen-bond donors (Lipinski definition) is 0. The van der Waals surface area contributed by atoms with Crippen LogP contribution in [0.15, 0.2) is 30.3 Å². The highest BCUT2D eigenvalue weighted by atomic mass is 16.5. The summed E-state index contributed by atoms with van der Waals surface area (Å²) < 4.78 is 7.74. The number of aromatic nitrogens is 2. The molecule has 0 spiro atoms. The summed E-state index contributed by atoms with van der Waals surface area (Å²) in [6.07, 6.45) is 1.61. The van der Waals surface area contributed by atoms with Gasteiger partial charge in [-0.1, -0.05) is 12.1 Å². The second kappa shape index (κ2) is 5.51. The third-order valence-corrected chi connectivity index (χ3v) is 5.89. The van der Waals surface area contributed by atoms with E-state index in [2.05, 4.69) is 5.10 Å². The highest BCUT2D eigenvalue weighted by Crippen LogP contribution is 2.49. The van der Waals surface area contributed by atoms with Crippen molar-refractivity contribution in [3.63, 3.8) is 0 Å². The van der Waals surface area contributed by atoms with Crippen LogP contribution in [0.5, 0.6) is 0 Å². The largest absolute Gasteiger partial charge is 0.373 e. The number of imide groups is 1. The quantitative estimate of drug-likeness (QED) is 0.796. The molecule has 4 heterocycles. The molecule has 0 saturated carbocycles. The lowest BCUT2D eigenvalue weighted by Gasteiger charge is -2.18. The van der Waals surface area contributed by atoms with Crippen LogP contribution in [0.3, 0.4) is 0 Å². The second-order valence-electron chi connectivity index (χ2n) is 7.61. The molecule has 0 radical (unpaired) electrons. The van der Waals surface area contributed by atoms with E-state index in [9.17, 15) is 9.59 Å². The fourth-order valence-corrected chi connectivity index (χ4v) is 4.77. The van der Waals surface area contributed by atoms with Crippen LogP contribution >= 0.6 is 0 Å². The van der Waals surface area contributed by atoms with Crippen molar-refractivity contribution in [2.75, 3.05) is 4.90 Å². The van der Waals surface area contributed by atoms with E-state index in [-0.39, 0.29) is 35.9 Å². The van der Waals surface area contributed by atoms with E-state index in [1.807, 2.05) is 48.9 Å². The number of nitrogens with zero attached hydrogens (tertiary/aromatic N) is 3. The second-order valence-corrected chi connectivity index (χ2v) is 7.61. The molecular formula is C20H21N3O3. The molecule has 26 heavy (non-hydrogen) atoms. The summed E-state index contributed by atoms with van der Waals surface area (Å²) in [6.45, 7) is 4.61. The molecule has 3 fully saturated rings. The SMILES string of the molecule is Cc1cc(C)n(Cc2cccc(N3C(=O)[C@@H]4[C@@H](C3=O)[C@H]3CC[C@@H]4O3)c2)n1. The van der Waals surface area contributed by atoms with Gasteiger partial charge in [-0.05, 0) is 50.5 Å². The minimum absolute atomic E-state index is 0.0793. The van der Waals surface area contributed by atoms with Crippen molar-refractivity contribution in [2.45, 2.75) is 45.4 Å². The van der Waals surface area contributed by atoms with E-state index < -0.39 is 0 Å². The first-order valence-corrected chi connectivity index (χ1v) is 9.16. The van der Waals surface area contributed by atoms with Gasteiger partial charge in [-0.2, -0.15) is 5.10 Å². The lowest BCUT2D eigenvalue weighted by Crippen LogP contribution is -2.34. The summed E-state index contributed by atoms with van der Waals surface area (Å²) in [4.78, 5) is 27.2. The maximum Gasteiger partial charge on any atom is 0.240 e. The van der Waals surface area contributed by atoms with Crippen LogP contribution in [0, 0.1) is 25.7 Å². The van der Waals surface area contributed by atoms with Gasteiger partial charge in [0.05, 0.1) is 42.0 Å². The number of hydrogen-bond acceptors (Lipinski definition) is 4. The minimum Gasteiger partial charge on any atom is -0.373 e. The molecule has 4 atom stereocenters. The van der Waals surface area contributed by atoms with Gasteiger partial charge in [-0.15, -0.1) is 0 Å². The number of anilines is 1. The van der Waals surface area contributed by atoms with Crippen molar-refractivity contribution in [3.05, 3.63) is 47.3 Å². The number of carbonyl (C=O) groups is 2. The van der Waals surface area contributed by atoms with E-state index in [0.717, 1.165) is 29.8 Å². The van der Waals surface area contributed by atoms with E-state index in [1.165, 1.54) is 4.90 Å². The van der Waals surface area contributed by atoms with Crippen LogP contribution in [0.25, 0.3) is 0 Å². The number of fused-ring (bicyclic) bond motifs is 5. The summed E-state index contributed by atoms with van der Waals surface area (Å²) in [6, 6.07) is 9.70. The van der Waals surface area contributed by atoms with Crippen molar-refractivity contribution in [1.82, 2.24) is 9.78 Å². The maximum atomic E-state index is 12.9. The molecule has 3 saturated heterocycles. The van der Waals surface area contributed by atoms with Crippen LogP contribution in [0.1, 0.15) is 29.8 Å². The summed E-state index contributed by atoms with van der Waals surface area (Å²) in [5.41, 5.74) is 3.75. The summed E-state index contributed by atoms with van der Waals surface area (Å²) in [5, 5.41) is 4.49. The first kappa shape index (κ1) is 15.8. The Hall–Kier alpha value is -2.47. The lowest BCUT2D eigenvalue weighted by atomic mass is 9.81. The van der Waals surface area contributed by atoms with Crippen molar-refractivity contribution >= 4 is 17.5 Å². The normalized spacial score (nSPS) is 29.7. The molecule has 0 N–H and O–H groups in total. The molecule has 0 unspecified atom stereocenters. The van der Waals surface area contributed by atoms with Gasteiger partial charge in [-0.3, -0.25) is 14.3 Å². The number of aryl methyl sites for hydroxylation is 2. The molecule has 3 aliphatic rings. The molecule has 134 valence electrons. The van der Waals surface area contributed by atoms with E-state index in [0.29, 0.717) is 12.2 Å². The zero-order valence-electron chi connectivity index (χ0n) is 14.9. The Morgan fingerprint density at radius 3 is 2.38 bits per heavy atom. The van der Waals surface area contributed by atoms with Gasteiger partial charge in [0.1, 0.15) is 0 Å². The molecule has 2 amide bonds. The van der Waals surface area contributed by atoms with Gasteiger partial charge in [0.2, 0.25) is 11.8 Å². The number of ether oxygens (including phenoxy) is 1. The average molecular weight is 351 g/mol. The molecule has 1 aromatic heterocycles. The Morgan fingerprint density at radius 1 is 1.08 bits per heavy atom. The minimum atomic E-state index is -0.291. The summed E-state index contributed by atoms with van der Waals surface area (Å²) >= 11 is 0. The molecule has 2 aromatic rings. The van der Waals surface area contributed by atoms with Crippen LogP contribution in [0.2, 0.25) is 0 Å². The maximum absolute atomic E-state index is 12.9. The Morgan fingerprint density at radius 2 is 1.77 bits per heavy atom. The molecule has 6 nitrogen and oxygen atoms in total. The summed E-state index contributed by atoms with van der Waals surface area (Å²) in [7, 11) is 0. The Labute approximate surface area is 151 Å². The van der Waals surface area contributed by atoms with Crippen molar-refractivity contribution in [2.24, 2.45) is 11.8 Å². The molecule has 1 aromatic carbocycles. The first-order valence-electron chi connectivity index (χ1n) is 9.16. The number of carbonyl (C=O) groups excluding carboxylic acids is 2.